The van der Waals surface area contributed by atoms with E-state index in [2.05, 4.69) is 5.32 Å². The van der Waals surface area contributed by atoms with Gasteiger partial charge in [0.1, 0.15) is 16.7 Å². The van der Waals surface area contributed by atoms with Crippen LogP contribution in [0.25, 0.3) is 0 Å². The minimum Gasteiger partial charge on any atom is -0.497 e. The number of hydrogen-bond acceptors (Lipinski definition) is 4. The predicted molar refractivity (Wildman–Crippen MR) is 101 cm³/mol. The summed E-state index contributed by atoms with van der Waals surface area (Å²) in [6.45, 7) is 2.45. The summed E-state index contributed by atoms with van der Waals surface area (Å²) < 4.78 is 5.14. The van der Waals surface area contributed by atoms with Crippen molar-refractivity contribution in [3.63, 3.8) is 0 Å². The summed E-state index contributed by atoms with van der Waals surface area (Å²) in [4.78, 5) is 26.9. The average Bonchev–Trinajstić information content (AvgIpc) is 3.13. The van der Waals surface area contributed by atoms with Crippen LogP contribution in [0.15, 0.2) is 48.5 Å². The molecular weight excluding hydrogens is 348 g/mol. The van der Waals surface area contributed by atoms with Gasteiger partial charge in [-0.25, -0.2) is 0 Å². The SMILES string of the molecule is COc1ccc(CNC(=O)C2CSC3(C)c4ccccc4C(=O)N23)cc1. The first kappa shape index (κ1) is 17.0. The predicted octanol–water partition coefficient (Wildman–Crippen LogP) is 2.76. The van der Waals surface area contributed by atoms with E-state index in [0.29, 0.717) is 17.9 Å². The molecule has 1 saturated heterocycles. The molecule has 4 rings (SSSR count). The van der Waals surface area contributed by atoms with Gasteiger partial charge in [-0.15, -0.1) is 11.8 Å². The summed E-state index contributed by atoms with van der Waals surface area (Å²) in [5.74, 6) is 1.21. The van der Waals surface area contributed by atoms with Crippen LogP contribution in [-0.4, -0.2) is 35.6 Å². The summed E-state index contributed by atoms with van der Waals surface area (Å²) in [7, 11) is 1.62. The van der Waals surface area contributed by atoms with Gasteiger partial charge in [0.25, 0.3) is 5.91 Å². The quantitative estimate of drug-likeness (QED) is 0.902. The fourth-order valence-electron chi connectivity index (χ4n) is 3.67. The maximum absolute atomic E-state index is 12.9. The summed E-state index contributed by atoms with van der Waals surface area (Å²) in [5.41, 5.74) is 2.69. The van der Waals surface area contributed by atoms with Crippen LogP contribution >= 0.6 is 11.8 Å². The smallest absolute Gasteiger partial charge is 0.256 e. The highest BCUT2D eigenvalue weighted by Gasteiger charge is 2.55. The van der Waals surface area contributed by atoms with E-state index in [9.17, 15) is 9.59 Å². The number of nitrogens with zero attached hydrogens (tertiary/aromatic N) is 1. The Labute approximate surface area is 156 Å². The minimum atomic E-state index is -0.463. The number of carbonyl (C=O) groups excluding carboxylic acids is 2. The van der Waals surface area contributed by atoms with Crippen LogP contribution in [0.2, 0.25) is 0 Å². The molecule has 0 bridgehead atoms. The number of nitrogens with one attached hydrogen (secondary N) is 1. The Morgan fingerprint density at radius 3 is 2.73 bits per heavy atom. The normalized spacial score (nSPS) is 23.5. The molecule has 1 N–H and O–H groups in total. The first-order valence-electron chi connectivity index (χ1n) is 8.52. The highest BCUT2D eigenvalue weighted by molar-refractivity contribution is 8.00. The van der Waals surface area contributed by atoms with E-state index >= 15 is 0 Å². The van der Waals surface area contributed by atoms with Crippen molar-refractivity contribution in [2.45, 2.75) is 24.4 Å². The second kappa shape index (κ2) is 6.36. The first-order chi connectivity index (χ1) is 12.5. The van der Waals surface area contributed by atoms with Crippen molar-refractivity contribution < 1.29 is 14.3 Å². The fourth-order valence-corrected chi connectivity index (χ4v) is 5.14. The zero-order valence-corrected chi connectivity index (χ0v) is 15.5. The number of ether oxygens (including phenoxy) is 1. The number of rotatable bonds is 4. The second-order valence-corrected chi connectivity index (χ2v) is 8.01. The van der Waals surface area contributed by atoms with Crippen molar-refractivity contribution in [2.75, 3.05) is 12.9 Å². The monoisotopic (exact) mass is 368 g/mol. The summed E-state index contributed by atoms with van der Waals surface area (Å²) in [5, 5.41) is 2.97. The highest BCUT2D eigenvalue weighted by atomic mass is 32.2. The molecule has 2 aromatic rings. The molecule has 2 aromatic carbocycles. The molecule has 134 valence electrons. The van der Waals surface area contributed by atoms with Crippen molar-refractivity contribution in [3.05, 3.63) is 65.2 Å². The molecule has 0 radical (unpaired) electrons. The molecule has 2 aliphatic heterocycles. The third kappa shape index (κ3) is 2.56. The Kier molecular flexibility index (Phi) is 4.15. The highest BCUT2D eigenvalue weighted by Crippen LogP contribution is 2.53. The molecule has 2 amide bonds. The van der Waals surface area contributed by atoms with Crippen LogP contribution in [0.4, 0.5) is 0 Å². The standard InChI is InChI=1S/C20H20N2O3S/c1-20-16-6-4-3-5-15(16)19(24)22(20)17(12-26-20)18(23)21-11-13-7-9-14(25-2)10-8-13/h3-10,17H,11-12H2,1-2H3,(H,21,23). The molecule has 2 atom stereocenters. The average molecular weight is 368 g/mol. The van der Waals surface area contributed by atoms with Gasteiger partial charge in [-0.05, 0) is 30.7 Å². The molecule has 0 spiro atoms. The number of methoxy groups -OCH3 is 1. The van der Waals surface area contributed by atoms with Crippen molar-refractivity contribution in [3.8, 4) is 5.75 Å². The third-order valence-electron chi connectivity index (χ3n) is 5.10. The van der Waals surface area contributed by atoms with Gasteiger partial charge in [-0.3, -0.25) is 9.59 Å². The molecule has 6 heteroatoms. The van der Waals surface area contributed by atoms with Crippen LogP contribution in [0.5, 0.6) is 5.75 Å². The van der Waals surface area contributed by atoms with Crippen molar-refractivity contribution in [1.29, 1.82) is 0 Å². The van der Waals surface area contributed by atoms with E-state index in [0.717, 1.165) is 16.9 Å². The zero-order chi connectivity index (χ0) is 18.3. The molecule has 0 aromatic heterocycles. The van der Waals surface area contributed by atoms with Crippen molar-refractivity contribution in [2.24, 2.45) is 0 Å². The topological polar surface area (TPSA) is 58.6 Å². The van der Waals surface area contributed by atoms with Crippen LogP contribution in [0.1, 0.15) is 28.4 Å². The first-order valence-corrected chi connectivity index (χ1v) is 9.51. The van der Waals surface area contributed by atoms with E-state index in [1.165, 1.54) is 0 Å². The lowest BCUT2D eigenvalue weighted by Crippen LogP contribution is -2.49. The van der Waals surface area contributed by atoms with Gasteiger partial charge in [0.05, 0.1) is 7.11 Å². The van der Waals surface area contributed by atoms with Crippen LogP contribution < -0.4 is 10.1 Å². The maximum atomic E-state index is 12.9. The van der Waals surface area contributed by atoms with Crippen LogP contribution in [-0.2, 0) is 16.2 Å². The molecule has 0 aliphatic carbocycles. The van der Waals surface area contributed by atoms with E-state index in [1.807, 2.05) is 55.5 Å². The van der Waals surface area contributed by atoms with Gasteiger partial charge in [-0.1, -0.05) is 30.3 Å². The third-order valence-corrected chi connectivity index (χ3v) is 6.56. The number of benzene rings is 2. The van der Waals surface area contributed by atoms with Gasteiger partial charge in [-0.2, -0.15) is 0 Å². The summed E-state index contributed by atoms with van der Waals surface area (Å²) in [6.07, 6.45) is 0. The second-order valence-electron chi connectivity index (χ2n) is 6.60. The molecule has 2 unspecified atom stereocenters. The molecular formula is C20H20N2O3S. The molecule has 5 nitrogen and oxygen atoms in total. The molecule has 2 heterocycles. The van der Waals surface area contributed by atoms with E-state index in [-0.39, 0.29) is 11.8 Å². The number of amides is 2. The Morgan fingerprint density at radius 2 is 2.00 bits per heavy atom. The molecule has 0 saturated carbocycles. The van der Waals surface area contributed by atoms with Crippen molar-refractivity contribution in [1.82, 2.24) is 10.2 Å². The molecule has 1 fully saturated rings. The van der Waals surface area contributed by atoms with E-state index in [1.54, 1.807) is 23.8 Å². The van der Waals surface area contributed by atoms with Crippen molar-refractivity contribution >= 4 is 23.6 Å². The molecule has 2 aliphatic rings. The summed E-state index contributed by atoms with van der Waals surface area (Å²) >= 11 is 1.65. The number of fused-ring (bicyclic) bond motifs is 3. The minimum absolute atomic E-state index is 0.0577. The van der Waals surface area contributed by atoms with E-state index < -0.39 is 10.9 Å². The Bertz CT molecular complexity index is 868. The van der Waals surface area contributed by atoms with Gasteiger partial charge < -0.3 is 15.0 Å². The lowest BCUT2D eigenvalue weighted by molar-refractivity contribution is -0.125. The maximum Gasteiger partial charge on any atom is 0.256 e. The summed E-state index contributed by atoms with van der Waals surface area (Å²) in [6, 6.07) is 14.8. The Hall–Kier alpha value is -2.47. The van der Waals surface area contributed by atoms with Gasteiger partial charge in [0, 0.05) is 23.4 Å². The largest absolute Gasteiger partial charge is 0.497 e. The lowest BCUT2D eigenvalue weighted by Gasteiger charge is -2.30. The van der Waals surface area contributed by atoms with Gasteiger partial charge in [0.2, 0.25) is 5.91 Å². The lowest BCUT2D eigenvalue weighted by atomic mass is 10.1. The zero-order valence-electron chi connectivity index (χ0n) is 14.7. The number of carbonyl (C=O) groups is 2. The Morgan fingerprint density at radius 1 is 1.27 bits per heavy atom. The van der Waals surface area contributed by atoms with Gasteiger partial charge in [0.15, 0.2) is 0 Å². The number of thioether (sulfide) groups is 1. The Balaban J connectivity index is 1.49. The molecule has 26 heavy (non-hydrogen) atoms. The van der Waals surface area contributed by atoms with Crippen LogP contribution in [0, 0.1) is 0 Å². The van der Waals surface area contributed by atoms with E-state index in [4.69, 9.17) is 4.74 Å². The van der Waals surface area contributed by atoms with Gasteiger partial charge >= 0.3 is 0 Å². The fraction of sp³-hybridized carbons (Fsp3) is 0.300. The number of hydrogen-bond donors (Lipinski definition) is 1. The van der Waals surface area contributed by atoms with Crippen LogP contribution in [0.3, 0.4) is 0 Å².